The van der Waals surface area contributed by atoms with Gasteiger partial charge >= 0.3 is 6.09 Å². The van der Waals surface area contributed by atoms with Crippen molar-refractivity contribution in [2.45, 2.75) is 45.4 Å². The summed E-state index contributed by atoms with van der Waals surface area (Å²) in [5.41, 5.74) is -0.567. The van der Waals surface area contributed by atoms with Crippen LogP contribution in [0.1, 0.15) is 33.6 Å². The van der Waals surface area contributed by atoms with E-state index in [9.17, 15) is 14.0 Å². The summed E-state index contributed by atoms with van der Waals surface area (Å²) in [7, 11) is 0. The monoisotopic (exact) mass is 231 g/mol. The van der Waals surface area contributed by atoms with Crippen molar-refractivity contribution in [2.24, 2.45) is 0 Å². The Kier molecular flexibility index (Phi) is 3.88. The second kappa shape index (κ2) is 4.80. The number of alkyl halides is 1. The predicted octanol–water partition coefficient (Wildman–Crippen LogP) is 1.92. The molecule has 0 aromatic carbocycles. The van der Waals surface area contributed by atoms with E-state index in [0.29, 0.717) is 0 Å². The molecule has 1 heterocycles. The topological polar surface area (TPSA) is 46.6 Å². The van der Waals surface area contributed by atoms with Crippen molar-refractivity contribution in [3.05, 3.63) is 0 Å². The Bertz CT molecular complexity index is 285. The summed E-state index contributed by atoms with van der Waals surface area (Å²) in [6, 6.07) is 0. The third-order valence-electron chi connectivity index (χ3n) is 2.28. The van der Waals surface area contributed by atoms with Crippen molar-refractivity contribution in [3.8, 4) is 0 Å². The molecule has 5 heteroatoms. The van der Waals surface area contributed by atoms with E-state index in [1.165, 1.54) is 4.90 Å². The quantitative estimate of drug-likeness (QED) is 0.640. The van der Waals surface area contributed by atoms with E-state index < -0.39 is 23.6 Å². The molecule has 0 aromatic rings. The molecule has 0 radical (unpaired) electrons. The lowest BCUT2D eigenvalue weighted by molar-refractivity contribution is -0.123. The lowest BCUT2D eigenvalue weighted by Gasteiger charge is -2.26. The third kappa shape index (κ3) is 3.79. The van der Waals surface area contributed by atoms with Gasteiger partial charge in [-0.15, -0.1) is 0 Å². The Morgan fingerprint density at radius 1 is 1.44 bits per heavy atom. The molecular formula is C11H18FNO3. The molecule has 1 atom stereocenters. The van der Waals surface area contributed by atoms with E-state index in [1.807, 2.05) is 0 Å². The van der Waals surface area contributed by atoms with Crippen molar-refractivity contribution < 1.29 is 18.7 Å². The minimum Gasteiger partial charge on any atom is -0.444 e. The Morgan fingerprint density at radius 2 is 2.06 bits per heavy atom. The van der Waals surface area contributed by atoms with E-state index in [2.05, 4.69) is 0 Å². The highest BCUT2D eigenvalue weighted by molar-refractivity contribution is 5.84. The molecule has 1 aliphatic rings. The van der Waals surface area contributed by atoms with E-state index >= 15 is 0 Å². The van der Waals surface area contributed by atoms with Gasteiger partial charge in [-0.05, 0) is 20.8 Å². The molecule has 1 rings (SSSR count). The second-order valence-corrected chi connectivity index (χ2v) is 4.94. The number of Topliss-reactive ketones (excluding diaryl/α,β-unsaturated/α-hetero) is 1. The fraction of sp³-hybridized carbons (Fsp3) is 0.818. The van der Waals surface area contributed by atoms with Crippen LogP contribution in [-0.4, -0.2) is 41.6 Å². The SMILES string of the molecule is CC(C)(C)OC(=O)N1CCC(=O)[C@@H](F)CC1. The summed E-state index contributed by atoms with van der Waals surface area (Å²) in [5, 5.41) is 0. The molecule has 0 N–H and O–H groups in total. The van der Waals surface area contributed by atoms with Gasteiger partial charge in [0.1, 0.15) is 5.60 Å². The lowest BCUT2D eigenvalue weighted by Crippen LogP contribution is -2.37. The summed E-state index contributed by atoms with van der Waals surface area (Å²) >= 11 is 0. The zero-order chi connectivity index (χ0) is 12.3. The summed E-state index contributed by atoms with van der Waals surface area (Å²) < 4.78 is 18.2. The molecule has 0 unspecified atom stereocenters. The summed E-state index contributed by atoms with van der Waals surface area (Å²) in [6.45, 7) is 5.79. The van der Waals surface area contributed by atoms with Crippen LogP contribution < -0.4 is 0 Å². The molecule has 0 aliphatic carbocycles. The number of nitrogens with zero attached hydrogens (tertiary/aromatic N) is 1. The number of halogens is 1. The molecule has 1 fully saturated rings. The first-order chi connectivity index (χ1) is 7.29. The number of ketones is 1. The van der Waals surface area contributed by atoms with Gasteiger partial charge in [0.25, 0.3) is 0 Å². The molecule has 0 spiro atoms. The van der Waals surface area contributed by atoms with Gasteiger partial charge in [-0.1, -0.05) is 0 Å². The molecular weight excluding hydrogens is 213 g/mol. The summed E-state index contributed by atoms with van der Waals surface area (Å²) in [4.78, 5) is 24.2. The van der Waals surface area contributed by atoms with Gasteiger partial charge in [-0.25, -0.2) is 9.18 Å². The predicted molar refractivity (Wildman–Crippen MR) is 56.9 cm³/mol. The number of rotatable bonds is 0. The molecule has 92 valence electrons. The van der Waals surface area contributed by atoms with Gasteiger partial charge in [0.05, 0.1) is 0 Å². The lowest BCUT2D eigenvalue weighted by atomic mass is 10.2. The van der Waals surface area contributed by atoms with Crippen LogP contribution in [0.2, 0.25) is 0 Å². The Morgan fingerprint density at radius 3 is 2.62 bits per heavy atom. The number of carbonyl (C=O) groups is 2. The first kappa shape index (κ1) is 12.9. The molecule has 0 saturated carbocycles. The van der Waals surface area contributed by atoms with Crippen molar-refractivity contribution in [1.29, 1.82) is 0 Å². The molecule has 16 heavy (non-hydrogen) atoms. The highest BCUT2D eigenvalue weighted by atomic mass is 19.1. The molecule has 1 saturated heterocycles. The maximum atomic E-state index is 13.1. The standard InChI is InChI=1S/C11H18FNO3/c1-11(2,3)16-10(15)13-6-4-8(12)9(14)5-7-13/h8H,4-7H2,1-3H3/t8-/m0/s1. The van der Waals surface area contributed by atoms with Gasteiger partial charge in [0.15, 0.2) is 12.0 Å². The van der Waals surface area contributed by atoms with Crippen LogP contribution in [0.3, 0.4) is 0 Å². The van der Waals surface area contributed by atoms with Crippen LogP contribution in [0.15, 0.2) is 0 Å². The Balaban J connectivity index is 2.55. The van der Waals surface area contributed by atoms with Crippen LogP contribution in [0.4, 0.5) is 9.18 Å². The molecule has 0 aromatic heterocycles. The summed E-state index contributed by atoms with van der Waals surface area (Å²) in [5.74, 6) is -0.425. The number of ether oxygens (including phenoxy) is 1. The average molecular weight is 231 g/mol. The maximum Gasteiger partial charge on any atom is 0.410 e. The Labute approximate surface area is 94.7 Å². The van der Waals surface area contributed by atoms with Gasteiger partial charge in [0.2, 0.25) is 0 Å². The van der Waals surface area contributed by atoms with E-state index in [0.717, 1.165) is 0 Å². The fourth-order valence-electron chi connectivity index (χ4n) is 1.45. The van der Waals surface area contributed by atoms with E-state index in [4.69, 9.17) is 4.74 Å². The summed E-state index contributed by atoms with van der Waals surface area (Å²) in [6.07, 6.45) is -1.78. The van der Waals surface area contributed by atoms with Crippen LogP contribution in [-0.2, 0) is 9.53 Å². The first-order valence-electron chi connectivity index (χ1n) is 5.44. The van der Waals surface area contributed by atoms with Crippen molar-refractivity contribution in [2.75, 3.05) is 13.1 Å². The van der Waals surface area contributed by atoms with Gasteiger partial charge < -0.3 is 9.64 Å². The largest absolute Gasteiger partial charge is 0.444 e. The smallest absolute Gasteiger partial charge is 0.410 e. The molecule has 0 bridgehead atoms. The van der Waals surface area contributed by atoms with Crippen LogP contribution in [0.25, 0.3) is 0 Å². The average Bonchev–Trinajstić information content (AvgIpc) is 2.28. The number of carbonyl (C=O) groups excluding carboxylic acids is 2. The third-order valence-corrected chi connectivity index (χ3v) is 2.28. The van der Waals surface area contributed by atoms with Crippen molar-refractivity contribution in [3.63, 3.8) is 0 Å². The van der Waals surface area contributed by atoms with Gasteiger partial charge in [0, 0.05) is 25.9 Å². The van der Waals surface area contributed by atoms with Gasteiger partial charge in [-0.3, -0.25) is 4.79 Å². The van der Waals surface area contributed by atoms with E-state index in [1.54, 1.807) is 20.8 Å². The molecule has 4 nitrogen and oxygen atoms in total. The number of hydrogen-bond acceptors (Lipinski definition) is 3. The first-order valence-corrected chi connectivity index (χ1v) is 5.44. The second-order valence-electron chi connectivity index (χ2n) is 4.94. The zero-order valence-electron chi connectivity index (χ0n) is 9.96. The highest BCUT2D eigenvalue weighted by Crippen LogP contribution is 2.15. The minimum absolute atomic E-state index is 0.0675. The number of amides is 1. The minimum atomic E-state index is -1.44. The Hall–Kier alpha value is -1.13. The number of likely N-dealkylation sites (tertiary alicyclic amines) is 1. The van der Waals surface area contributed by atoms with Gasteiger partial charge in [-0.2, -0.15) is 0 Å². The van der Waals surface area contributed by atoms with Crippen LogP contribution in [0.5, 0.6) is 0 Å². The van der Waals surface area contributed by atoms with E-state index in [-0.39, 0.29) is 25.9 Å². The maximum absolute atomic E-state index is 13.1. The zero-order valence-corrected chi connectivity index (χ0v) is 9.96. The number of hydrogen-bond donors (Lipinski definition) is 0. The molecule has 1 aliphatic heterocycles. The van der Waals surface area contributed by atoms with Crippen molar-refractivity contribution >= 4 is 11.9 Å². The van der Waals surface area contributed by atoms with Crippen molar-refractivity contribution in [1.82, 2.24) is 4.90 Å². The van der Waals surface area contributed by atoms with Crippen LogP contribution in [0, 0.1) is 0 Å². The molecule has 1 amide bonds. The highest BCUT2D eigenvalue weighted by Gasteiger charge is 2.28. The van der Waals surface area contributed by atoms with Crippen LogP contribution >= 0.6 is 0 Å². The fourth-order valence-corrected chi connectivity index (χ4v) is 1.45. The normalized spacial score (nSPS) is 22.9.